The minimum atomic E-state index is -4.41. The van der Waals surface area contributed by atoms with Crippen molar-refractivity contribution in [3.05, 3.63) is 59.4 Å². The van der Waals surface area contributed by atoms with Gasteiger partial charge in [0.25, 0.3) is 0 Å². The Hall–Kier alpha value is -2.65. The smallest absolute Gasteiger partial charge is 0.392 e. The van der Waals surface area contributed by atoms with Crippen LogP contribution in [-0.2, 0) is 9.53 Å². The predicted molar refractivity (Wildman–Crippen MR) is 97.4 cm³/mol. The lowest BCUT2D eigenvalue weighted by Gasteiger charge is -2.27. The van der Waals surface area contributed by atoms with Crippen LogP contribution >= 0.6 is 7.66 Å². The van der Waals surface area contributed by atoms with Crippen LogP contribution in [0.4, 0.5) is 22.0 Å². The molecule has 0 aromatic heterocycles. The Bertz CT molecular complexity index is 946. The third-order valence-electron chi connectivity index (χ3n) is 3.44. The second kappa shape index (κ2) is 9.44. The number of rotatable bonds is 8. The van der Waals surface area contributed by atoms with Gasteiger partial charge in [0.2, 0.25) is 34.8 Å². The Morgan fingerprint density at radius 2 is 1.40 bits per heavy atom. The van der Waals surface area contributed by atoms with E-state index >= 15 is 0 Å². The van der Waals surface area contributed by atoms with Gasteiger partial charge in [0.05, 0.1) is 6.10 Å². The Morgan fingerprint density at radius 1 is 0.900 bits per heavy atom. The summed E-state index contributed by atoms with van der Waals surface area (Å²) in [4.78, 5) is 12.0. The predicted octanol–water partition coefficient (Wildman–Crippen LogP) is 5.29. The summed E-state index contributed by atoms with van der Waals surface area (Å²) in [6.07, 6.45) is -0.508. The second-order valence-corrected chi connectivity index (χ2v) is 8.01. The van der Waals surface area contributed by atoms with E-state index in [4.69, 9.17) is 18.9 Å². The van der Waals surface area contributed by atoms with Crippen molar-refractivity contribution in [2.75, 3.05) is 0 Å². The molecule has 0 amide bonds. The molecule has 0 saturated carbocycles. The van der Waals surface area contributed by atoms with Gasteiger partial charge in [-0.1, -0.05) is 18.2 Å². The highest BCUT2D eigenvalue weighted by molar-refractivity contribution is 7.53. The molecule has 164 valence electrons. The molecule has 2 aromatic rings. The molecule has 0 saturated heterocycles. The molecular formula is C18H18F5N2O4P. The van der Waals surface area contributed by atoms with Crippen LogP contribution in [0.25, 0.3) is 0 Å². The molecule has 0 spiro atoms. The van der Waals surface area contributed by atoms with Crippen molar-refractivity contribution >= 4 is 13.6 Å². The van der Waals surface area contributed by atoms with E-state index in [1.54, 1.807) is 19.9 Å². The molecule has 0 radical (unpaired) electrons. The molecule has 12 heteroatoms. The average molecular weight is 452 g/mol. The summed E-state index contributed by atoms with van der Waals surface area (Å²) in [5.41, 5.74) is 0. The summed E-state index contributed by atoms with van der Waals surface area (Å²) in [6.45, 7) is 4.39. The van der Waals surface area contributed by atoms with Crippen LogP contribution in [0.3, 0.4) is 0 Å². The summed E-state index contributed by atoms with van der Waals surface area (Å²) >= 11 is 0. The number of hydrogen-bond donors (Lipinski definition) is 2. The Labute approximate surface area is 169 Å². The van der Waals surface area contributed by atoms with Gasteiger partial charge < -0.3 is 13.8 Å². The van der Waals surface area contributed by atoms with Crippen molar-refractivity contribution < 1.29 is 40.5 Å². The zero-order valence-electron chi connectivity index (χ0n) is 16.0. The fraction of sp³-hybridized carbons (Fsp3) is 0.278. The lowest BCUT2D eigenvalue weighted by molar-refractivity contribution is -0.149. The molecule has 2 rings (SSSR count). The first-order chi connectivity index (χ1) is 13.9. The fourth-order valence-electron chi connectivity index (χ4n) is 2.14. The molecular weight excluding hydrogens is 434 g/mol. The van der Waals surface area contributed by atoms with E-state index in [9.17, 15) is 26.7 Å². The average Bonchev–Trinajstić information content (AvgIpc) is 2.68. The minimum absolute atomic E-state index is 0.0124. The first kappa shape index (κ1) is 23.6. The number of carbonyl (C=O) groups excluding carboxylic acids is 1. The quantitative estimate of drug-likeness (QED) is 0.187. The molecule has 0 heterocycles. The van der Waals surface area contributed by atoms with Crippen LogP contribution in [0.2, 0.25) is 0 Å². The molecule has 2 aromatic carbocycles. The molecule has 2 N–H and O–H groups in total. The van der Waals surface area contributed by atoms with Gasteiger partial charge in [0, 0.05) is 0 Å². The standard InChI is InChI=1S/C18H18F5N2O4P/c1-9(2)27-18(26)10(3)25-30(24,28-11-7-5-4-6-8-11)29-17-15(22)13(20)12(19)14(21)16(17)23/h4-10H,1-3H3,(H2,24,25). The molecule has 0 aliphatic rings. The number of halogens is 5. The van der Waals surface area contributed by atoms with Crippen molar-refractivity contribution in [3.8, 4) is 11.5 Å². The normalized spacial score (nSPS) is 14.2. The summed E-state index contributed by atoms with van der Waals surface area (Å²) in [5, 5.41) is 10.7. The van der Waals surface area contributed by atoms with Gasteiger partial charge in [-0.25, -0.2) is 23.4 Å². The number of carbonyl (C=O) groups is 1. The summed E-state index contributed by atoms with van der Waals surface area (Å²) in [6, 6.07) is 6.08. The summed E-state index contributed by atoms with van der Waals surface area (Å²) in [7, 11) is -4.41. The summed E-state index contributed by atoms with van der Waals surface area (Å²) in [5.74, 6) is -14.0. The van der Waals surface area contributed by atoms with Crippen LogP contribution < -0.4 is 14.1 Å². The largest absolute Gasteiger partial charge is 0.462 e. The fourth-order valence-corrected chi connectivity index (χ4v) is 3.73. The molecule has 0 bridgehead atoms. The van der Waals surface area contributed by atoms with E-state index in [0.717, 1.165) is 0 Å². The minimum Gasteiger partial charge on any atom is -0.462 e. The highest BCUT2D eigenvalue weighted by Crippen LogP contribution is 2.48. The Morgan fingerprint density at radius 3 is 1.90 bits per heavy atom. The zero-order chi connectivity index (χ0) is 22.6. The first-order valence-electron chi connectivity index (χ1n) is 8.53. The van der Waals surface area contributed by atoms with Crippen molar-refractivity contribution in [3.63, 3.8) is 0 Å². The van der Waals surface area contributed by atoms with Gasteiger partial charge in [-0.15, -0.1) is 0 Å². The monoisotopic (exact) mass is 452 g/mol. The highest BCUT2D eigenvalue weighted by atomic mass is 31.2. The van der Waals surface area contributed by atoms with Crippen molar-refractivity contribution in [2.45, 2.75) is 32.9 Å². The van der Waals surface area contributed by atoms with E-state index in [1.165, 1.54) is 31.2 Å². The van der Waals surface area contributed by atoms with Crippen molar-refractivity contribution in [2.24, 2.45) is 0 Å². The molecule has 2 atom stereocenters. The maximum atomic E-state index is 14.1. The molecule has 0 aliphatic carbocycles. The summed E-state index contributed by atoms with van der Waals surface area (Å²) < 4.78 is 83.5. The van der Waals surface area contributed by atoms with E-state index in [-0.39, 0.29) is 5.75 Å². The van der Waals surface area contributed by atoms with E-state index in [2.05, 4.69) is 5.09 Å². The van der Waals surface area contributed by atoms with Crippen LogP contribution in [0.5, 0.6) is 11.5 Å². The maximum Gasteiger partial charge on any atom is 0.392 e. The van der Waals surface area contributed by atoms with Gasteiger partial charge in [0.15, 0.2) is 0 Å². The first-order valence-corrected chi connectivity index (χ1v) is 10.2. The second-order valence-electron chi connectivity index (χ2n) is 6.28. The van der Waals surface area contributed by atoms with Crippen LogP contribution in [0.15, 0.2) is 30.3 Å². The van der Waals surface area contributed by atoms with Crippen LogP contribution in [0.1, 0.15) is 20.8 Å². The number of nitrogens with one attached hydrogen (secondary N) is 2. The van der Waals surface area contributed by atoms with E-state index in [0.29, 0.717) is 0 Å². The maximum absolute atomic E-state index is 14.1. The number of esters is 1. The molecule has 6 nitrogen and oxygen atoms in total. The zero-order valence-corrected chi connectivity index (χ0v) is 16.9. The number of para-hydroxylation sites is 1. The lowest BCUT2D eigenvalue weighted by atomic mass is 10.3. The molecule has 0 fully saturated rings. The van der Waals surface area contributed by atoms with Crippen molar-refractivity contribution in [1.29, 1.82) is 5.16 Å². The van der Waals surface area contributed by atoms with Crippen LogP contribution in [-0.4, -0.2) is 18.1 Å². The van der Waals surface area contributed by atoms with Gasteiger partial charge in [-0.2, -0.15) is 8.78 Å². The van der Waals surface area contributed by atoms with Gasteiger partial charge >= 0.3 is 13.6 Å². The Balaban J connectivity index is 2.45. The van der Waals surface area contributed by atoms with Crippen LogP contribution in [0, 0.1) is 34.2 Å². The third kappa shape index (κ3) is 5.48. The third-order valence-corrected chi connectivity index (χ3v) is 5.07. The molecule has 0 aliphatic heterocycles. The number of benzene rings is 2. The molecule has 2 unspecified atom stereocenters. The SMILES string of the molecule is CC(C)OC(=O)C(C)NP(=N)(Oc1ccccc1)Oc1c(F)c(F)c(F)c(F)c1F. The van der Waals surface area contributed by atoms with E-state index in [1.807, 2.05) is 0 Å². The van der Waals surface area contributed by atoms with Gasteiger partial charge in [-0.3, -0.25) is 4.79 Å². The Kier molecular flexibility index (Phi) is 7.44. The topological polar surface area (TPSA) is 80.6 Å². The lowest BCUT2D eigenvalue weighted by Crippen LogP contribution is -2.36. The highest BCUT2D eigenvalue weighted by Gasteiger charge is 2.35. The van der Waals surface area contributed by atoms with Gasteiger partial charge in [-0.05, 0) is 32.9 Å². The van der Waals surface area contributed by atoms with E-state index < -0.39 is 60.6 Å². The number of ether oxygens (including phenoxy) is 1. The number of hydrogen-bond acceptors (Lipinski definition) is 5. The van der Waals surface area contributed by atoms with Crippen molar-refractivity contribution in [1.82, 2.24) is 5.09 Å². The molecule has 30 heavy (non-hydrogen) atoms. The van der Waals surface area contributed by atoms with Gasteiger partial charge in [0.1, 0.15) is 11.8 Å².